The first kappa shape index (κ1) is 16.1. The molecule has 6 heteroatoms. The van der Waals surface area contributed by atoms with E-state index in [0.717, 1.165) is 23.7 Å². The molecule has 0 unspecified atom stereocenters. The van der Waals surface area contributed by atoms with E-state index < -0.39 is 0 Å². The van der Waals surface area contributed by atoms with E-state index in [0.29, 0.717) is 37.7 Å². The Bertz CT molecular complexity index is 759. The highest BCUT2D eigenvalue weighted by Gasteiger charge is 2.40. The van der Waals surface area contributed by atoms with Crippen molar-refractivity contribution in [3.05, 3.63) is 36.0 Å². The fourth-order valence-corrected chi connectivity index (χ4v) is 4.17. The summed E-state index contributed by atoms with van der Waals surface area (Å²) in [6.07, 6.45) is 2.33. The molecule has 2 amide bonds. The number of amides is 2. The van der Waals surface area contributed by atoms with Gasteiger partial charge in [-0.15, -0.1) is 0 Å². The van der Waals surface area contributed by atoms with Crippen molar-refractivity contribution in [1.82, 2.24) is 9.88 Å². The van der Waals surface area contributed by atoms with Gasteiger partial charge in [0, 0.05) is 30.6 Å². The first-order valence-electron chi connectivity index (χ1n) is 8.91. The number of ether oxygens (including phenoxy) is 1. The predicted molar refractivity (Wildman–Crippen MR) is 94.0 cm³/mol. The lowest BCUT2D eigenvalue weighted by Gasteiger charge is -2.35. The topological polar surface area (TPSA) is 88.4 Å². The van der Waals surface area contributed by atoms with E-state index in [9.17, 15) is 9.59 Å². The minimum Gasteiger partial charge on any atom is -0.377 e. The summed E-state index contributed by atoms with van der Waals surface area (Å²) in [5, 5.41) is 1.05. The van der Waals surface area contributed by atoms with Crippen LogP contribution in [0.5, 0.6) is 0 Å². The van der Waals surface area contributed by atoms with E-state index >= 15 is 0 Å². The molecule has 3 heterocycles. The van der Waals surface area contributed by atoms with Gasteiger partial charge in [0.05, 0.1) is 12.0 Å². The van der Waals surface area contributed by atoms with Crippen LogP contribution in [0.25, 0.3) is 10.9 Å². The summed E-state index contributed by atoms with van der Waals surface area (Å²) < 4.78 is 5.78. The number of H-pyrrole nitrogens is 1. The van der Waals surface area contributed by atoms with Gasteiger partial charge in [-0.25, -0.2) is 0 Å². The number of fused-ring (bicyclic) bond motifs is 1. The zero-order chi connectivity index (χ0) is 17.4. The van der Waals surface area contributed by atoms with Gasteiger partial charge >= 0.3 is 0 Å². The van der Waals surface area contributed by atoms with Crippen molar-refractivity contribution in [2.75, 3.05) is 19.7 Å². The molecule has 132 valence electrons. The number of aromatic amines is 1. The summed E-state index contributed by atoms with van der Waals surface area (Å²) >= 11 is 0. The van der Waals surface area contributed by atoms with E-state index in [1.807, 2.05) is 35.2 Å². The first-order valence-corrected chi connectivity index (χ1v) is 8.91. The summed E-state index contributed by atoms with van der Waals surface area (Å²) in [7, 11) is 0. The van der Waals surface area contributed by atoms with Crippen LogP contribution in [-0.4, -0.2) is 47.5 Å². The number of aromatic nitrogens is 1. The van der Waals surface area contributed by atoms with Gasteiger partial charge < -0.3 is 20.4 Å². The zero-order valence-electron chi connectivity index (χ0n) is 14.1. The standard InChI is InChI=1S/C19H23N3O3/c20-18(23)14-7-10-25-17(14)12-5-8-22(9-6-12)19(24)16-11-13-3-1-2-4-15(13)21-16/h1-4,11-12,14,17,21H,5-10H2,(H2,20,23)/t14-,17+/m0/s1. The molecule has 3 N–H and O–H groups in total. The maximum atomic E-state index is 12.8. The number of benzene rings is 1. The second-order valence-corrected chi connectivity index (χ2v) is 7.03. The molecule has 2 aliphatic rings. The number of carbonyl (C=O) groups is 2. The average molecular weight is 341 g/mol. The van der Waals surface area contributed by atoms with Crippen LogP contribution in [0.15, 0.2) is 30.3 Å². The predicted octanol–water partition coefficient (Wildman–Crippen LogP) is 1.91. The minimum absolute atomic E-state index is 0.0356. The van der Waals surface area contributed by atoms with Crippen molar-refractivity contribution in [2.24, 2.45) is 17.6 Å². The molecule has 1 aromatic heterocycles. The number of rotatable bonds is 3. The summed E-state index contributed by atoms with van der Waals surface area (Å²) in [5.41, 5.74) is 7.10. The van der Waals surface area contributed by atoms with Crippen LogP contribution >= 0.6 is 0 Å². The van der Waals surface area contributed by atoms with Gasteiger partial charge in [-0.2, -0.15) is 0 Å². The molecule has 0 radical (unpaired) electrons. The van der Waals surface area contributed by atoms with Gasteiger partial charge in [-0.3, -0.25) is 9.59 Å². The quantitative estimate of drug-likeness (QED) is 0.894. The molecule has 0 spiro atoms. The van der Waals surface area contributed by atoms with Crippen LogP contribution in [0, 0.1) is 11.8 Å². The molecule has 2 aliphatic heterocycles. The number of para-hydroxylation sites is 1. The van der Waals surface area contributed by atoms with Crippen LogP contribution in [0.4, 0.5) is 0 Å². The van der Waals surface area contributed by atoms with E-state index in [4.69, 9.17) is 10.5 Å². The van der Waals surface area contributed by atoms with Crippen LogP contribution in [0.3, 0.4) is 0 Å². The Kier molecular flexibility index (Phi) is 4.21. The van der Waals surface area contributed by atoms with E-state index in [2.05, 4.69) is 4.98 Å². The molecule has 2 aromatic rings. The monoisotopic (exact) mass is 341 g/mol. The molecule has 2 saturated heterocycles. The minimum atomic E-state index is -0.265. The summed E-state index contributed by atoms with van der Waals surface area (Å²) in [4.78, 5) is 29.4. The second-order valence-electron chi connectivity index (χ2n) is 7.03. The number of hydrogen-bond donors (Lipinski definition) is 2. The molecule has 1 aromatic carbocycles. The number of nitrogens with one attached hydrogen (secondary N) is 1. The number of nitrogens with two attached hydrogens (primary N) is 1. The van der Waals surface area contributed by atoms with E-state index in [1.165, 1.54) is 0 Å². The molecule has 4 rings (SSSR count). The molecule has 2 atom stereocenters. The number of carbonyl (C=O) groups excluding carboxylic acids is 2. The second kappa shape index (κ2) is 6.52. The lowest BCUT2D eigenvalue weighted by molar-refractivity contribution is -0.124. The maximum Gasteiger partial charge on any atom is 0.270 e. The Labute approximate surface area is 146 Å². The maximum absolute atomic E-state index is 12.8. The van der Waals surface area contributed by atoms with Crippen molar-refractivity contribution >= 4 is 22.7 Å². The SMILES string of the molecule is NC(=O)[C@H]1CCO[C@@H]1C1CCN(C(=O)c2cc3ccccc3[nH]2)CC1. The summed E-state index contributed by atoms with van der Waals surface area (Å²) in [6.45, 7) is 1.97. The fourth-order valence-electron chi connectivity index (χ4n) is 4.17. The Hall–Kier alpha value is -2.34. The molecule has 0 aliphatic carbocycles. The fraction of sp³-hybridized carbons (Fsp3) is 0.474. The number of likely N-dealkylation sites (tertiary alicyclic amines) is 1. The van der Waals surface area contributed by atoms with Crippen molar-refractivity contribution in [3.8, 4) is 0 Å². The Morgan fingerprint density at radius 1 is 1.16 bits per heavy atom. The van der Waals surface area contributed by atoms with Crippen molar-refractivity contribution in [1.29, 1.82) is 0 Å². The number of piperidine rings is 1. The zero-order valence-corrected chi connectivity index (χ0v) is 14.1. The molecule has 6 nitrogen and oxygen atoms in total. The molecule has 25 heavy (non-hydrogen) atoms. The summed E-state index contributed by atoms with van der Waals surface area (Å²) in [5.74, 6) is -0.111. The van der Waals surface area contributed by atoms with Gasteiger partial charge in [0.2, 0.25) is 5.91 Å². The van der Waals surface area contributed by atoms with Crippen LogP contribution < -0.4 is 5.73 Å². The van der Waals surface area contributed by atoms with E-state index in [1.54, 1.807) is 0 Å². The van der Waals surface area contributed by atoms with Crippen LogP contribution in [0.1, 0.15) is 29.8 Å². The highest BCUT2D eigenvalue weighted by atomic mass is 16.5. The van der Waals surface area contributed by atoms with Gasteiger partial charge in [-0.05, 0) is 37.3 Å². The number of nitrogens with zero attached hydrogens (tertiary/aromatic N) is 1. The molecular formula is C19H23N3O3. The largest absolute Gasteiger partial charge is 0.377 e. The van der Waals surface area contributed by atoms with Gasteiger partial charge in [0.15, 0.2) is 0 Å². The lowest BCUT2D eigenvalue weighted by Crippen LogP contribution is -2.44. The van der Waals surface area contributed by atoms with Crippen molar-refractivity contribution in [2.45, 2.75) is 25.4 Å². The Morgan fingerprint density at radius 3 is 2.64 bits per heavy atom. The smallest absolute Gasteiger partial charge is 0.270 e. The normalized spacial score (nSPS) is 24.7. The van der Waals surface area contributed by atoms with Crippen LogP contribution in [0.2, 0.25) is 0 Å². The van der Waals surface area contributed by atoms with E-state index in [-0.39, 0.29) is 23.8 Å². The average Bonchev–Trinajstić information content (AvgIpc) is 3.28. The molecule has 2 fully saturated rings. The van der Waals surface area contributed by atoms with Crippen LogP contribution in [-0.2, 0) is 9.53 Å². The lowest BCUT2D eigenvalue weighted by atomic mass is 9.84. The highest BCUT2D eigenvalue weighted by Crippen LogP contribution is 2.33. The molecule has 0 bridgehead atoms. The van der Waals surface area contributed by atoms with Crippen molar-refractivity contribution in [3.63, 3.8) is 0 Å². The number of primary amides is 1. The van der Waals surface area contributed by atoms with Gasteiger partial charge in [0.1, 0.15) is 5.69 Å². The van der Waals surface area contributed by atoms with Gasteiger partial charge in [-0.1, -0.05) is 18.2 Å². The van der Waals surface area contributed by atoms with Gasteiger partial charge in [0.25, 0.3) is 5.91 Å². The summed E-state index contributed by atoms with van der Waals surface area (Å²) in [6, 6.07) is 9.80. The van der Waals surface area contributed by atoms with Crippen molar-refractivity contribution < 1.29 is 14.3 Å². The third kappa shape index (κ3) is 3.02. The Balaban J connectivity index is 1.41. The first-order chi connectivity index (χ1) is 12.1. The highest BCUT2D eigenvalue weighted by molar-refractivity contribution is 5.98. The third-order valence-electron chi connectivity index (χ3n) is 5.55. The third-order valence-corrected chi connectivity index (χ3v) is 5.55. The number of hydrogen-bond acceptors (Lipinski definition) is 3. The molecule has 0 saturated carbocycles. The molecular weight excluding hydrogens is 318 g/mol. The Morgan fingerprint density at radius 2 is 1.92 bits per heavy atom.